The number of rotatable bonds is 7. The minimum atomic E-state index is -0.402. The molecule has 1 saturated heterocycles. The van der Waals surface area contributed by atoms with E-state index in [2.05, 4.69) is 36.2 Å². The van der Waals surface area contributed by atoms with Crippen LogP contribution in [-0.2, 0) is 10.3 Å². The lowest BCUT2D eigenvalue weighted by Gasteiger charge is -2.43. The van der Waals surface area contributed by atoms with Crippen LogP contribution in [0.3, 0.4) is 0 Å². The number of ether oxygens (including phenoxy) is 1. The van der Waals surface area contributed by atoms with Crippen LogP contribution in [0.5, 0.6) is 0 Å². The van der Waals surface area contributed by atoms with Crippen molar-refractivity contribution >= 4 is 0 Å². The van der Waals surface area contributed by atoms with Crippen LogP contribution in [0.15, 0.2) is 30.3 Å². The van der Waals surface area contributed by atoms with E-state index >= 15 is 0 Å². The highest BCUT2D eigenvalue weighted by atomic mass is 16.5. The molecule has 0 aromatic heterocycles. The van der Waals surface area contributed by atoms with Crippen molar-refractivity contribution in [2.45, 2.75) is 31.8 Å². The molecule has 4 heteroatoms. The molecular formula is C17H28N2O2. The summed E-state index contributed by atoms with van der Waals surface area (Å²) >= 11 is 0. The first-order chi connectivity index (χ1) is 10.3. The van der Waals surface area contributed by atoms with Gasteiger partial charge in [-0.2, -0.15) is 0 Å². The number of nitrogens with zero attached hydrogens (tertiary/aromatic N) is 1. The van der Waals surface area contributed by atoms with E-state index < -0.39 is 5.54 Å². The van der Waals surface area contributed by atoms with Gasteiger partial charge in [-0.25, -0.2) is 0 Å². The molecule has 1 aliphatic rings. The largest absolute Gasteiger partial charge is 0.394 e. The Morgan fingerprint density at radius 3 is 2.71 bits per heavy atom. The molecule has 2 unspecified atom stereocenters. The van der Waals surface area contributed by atoms with E-state index in [1.165, 1.54) is 0 Å². The van der Waals surface area contributed by atoms with Crippen molar-refractivity contribution in [1.29, 1.82) is 0 Å². The number of hydrogen-bond donors (Lipinski definition) is 2. The van der Waals surface area contributed by atoms with Crippen LogP contribution in [0.1, 0.15) is 25.8 Å². The quantitative estimate of drug-likeness (QED) is 0.801. The highest BCUT2D eigenvalue weighted by Crippen LogP contribution is 2.24. The van der Waals surface area contributed by atoms with Crippen LogP contribution in [-0.4, -0.2) is 55.5 Å². The molecule has 0 bridgehead atoms. The van der Waals surface area contributed by atoms with Gasteiger partial charge >= 0.3 is 0 Å². The Bertz CT molecular complexity index is 413. The summed E-state index contributed by atoms with van der Waals surface area (Å²) in [6, 6.07) is 10.7. The summed E-state index contributed by atoms with van der Waals surface area (Å²) in [5.74, 6) is 0. The van der Waals surface area contributed by atoms with E-state index in [1.807, 2.05) is 18.2 Å². The molecule has 0 radical (unpaired) electrons. The number of aliphatic hydroxyl groups excluding tert-OH is 1. The number of morpholine rings is 1. The van der Waals surface area contributed by atoms with E-state index in [0.29, 0.717) is 6.04 Å². The molecule has 2 N–H and O–H groups in total. The van der Waals surface area contributed by atoms with Crippen LogP contribution >= 0.6 is 0 Å². The van der Waals surface area contributed by atoms with Gasteiger partial charge in [-0.15, -0.1) is 0 Å². The van der Waals surface area contributed by atoms with E-state index in [9.17, 15) is 5.11 Å². The standard InChI is InChI=1S/C17H28N2O2/c1-3-16-12-21-11-10-19(16)13-17(14-20,18-4-2)15-8-6-5-7-9-15/h5-9,16,18,20H,3-4,10-14H2,1-2H3. The number of aliphatic hydroxyl groups is 1. The molecule has 1 aromatic rings. The molecule has 0 spiro atoms. The molecule has 118 valence electrons. The summed E-state index contributed by atoms with van der Waals surface area (Å²) in [7, 11) is 0. The number of likely N-dealkylation sites (N-methyl/N-ethyl adjacent to an activating group) is 1. The molecule has 0 saturated carbocycles. The Balaban J connectivity index is 2.23. The van der Waals surface area contributed by atoms with Gasteiger partial charge in [-0.1, -0.05) is 44.2 Å². The van der Waals surface area contributed by atoms with Crippen molar-refractivity contribution in [1.82, 2.24) is 10.2 Å². The van der Waals surface area contributed by atoms with Crippen LogP contribution in [0.2, 0.25) is 0 Å². The van der Waals surface area contributed by atoms with Crippen LogP contribution in [0.4, 0.5) is 0 Å². The summed E-state index contributed by atoms with van der Waals surface area (Å²) in [5, 5.41) is 13.7. The average molecular weight is 292 g/mol. The van der Waals surface area contributed by atoms with Gasteiger partial charge < -0.3 is 15.2 Å². The van der Waals surface area contributed by atoms with Crippen molar-refractivity contribution in [3.8, 4) is 0 Å². The van der Waals surface area contributed by atoms with E-state index in [1.54, 1.807) is 0 Å². The fourth-order valence-electron chi connectivity index (χ4n) is 3.16. The highest BCUT2D eigenvalue weighted by molar-refractivity contribution is 5.25. The van der Waals surface area contributed by atoms with Gasteiger partial charge in [0, 0.05) is 19.1 Å². The Morgan fingerprint density at radius 2 is 2.10 bits per heavy atom. The van der Waals surface area contributed by atoms with Crippen molar-refractivity contribution in [2.24, 2.45) is 0 Å². The fraction of sp³-hybridized carbons (Fsp3) is 0.647. The third-order valence-electron chi connectivity index (χ3n) is 4.41. The maximum absolute atomic E-state index is 10.1. The molecule has 2 rings (SSSR count). The molecule has 1 heterocycles. The van der Waals surface area contributed by atoms with Crippen molar-refractivity contribution in [3.05, 3.63) is 35.9 Å². The smallest absolute Gasteiger partial charge is 0.0797 e. The van der Waals surface area contributed by atoms with Gasteiger partial charge in [0.1, 0.15) is 0 Å². The number of benzene rings is 1. The first kappa shape index (κ1) is 16.4. The van der Waals surface area contributed by atoms with E-state index in [-0.39, 0.29) is 6.61 Å². The van der Waals surface area contributed by atoms with Gasteiger partial charge in [-0.3, -0.25) is 4.90 Å². The monoisotopic (exact) mass is 292 g/mol. The summed E-state index contributed by atoms with van der Waals surface area (Å²) in [6.45, 7) is 8.52. The number of nitrogens with one attached hydrogen (secondary N) is 1. The SMILES string of the molecule is CCNC(CO)(CN1CCOCC1CC)c1ccccc1. The molecule has 0 amide bonds. The van der Waals surface area contributed by atoms with E-state index in [4.69, 9.17) is 4.74 Å². The minimum absolute atomic E-state index is 0.0959. The number of hydrogen-bond acceptors (Lipinski definition) is 4. The lowest BCUT2D eigenvalue weighted by Crippen LogP contribution is -2.58. The van der Waals surface area contributed by atoms with Gasteiger partial charge in [0.2, 0.25) is 0 Å². The zero-order chi connectivity index (χ0) is 15.1. The van der Waals surface area contributed by atoms with Crippen molar-refractivity contribution < 1.29 is 9.84 Å². The first-order valence-electron chi connectivity index (χ1n) is 7.99. The summed E-state index contributed by atoms with van der Waals surface area (Å²) < 4.78 is 5.59. The van der Waals surface area contributed by atoms with Gasteiger partial charge in [0.25, 0.3) is 0 Å². The minimum Gasteiger partial charge on any atom is -0.394 e. The molecule has 1 fully saturated rings. The van der Waals surface area contributed by atoms with Crippen LogP contribution in [0.25, 0.3) is 0 Å². The first-order valence-corrected chi connectivity index (χ1v) is 7.99. The molecule has 1 aliphatic heterocycles. The predicted octanol–water partition coefficient (Wildman–Crippen LogP) is 1.59. The Morgan fingerprint density at radius 1 is 1.33 bits per heavy atom. The summed E-state index contributed by atoms with van der Waals surface area (Å²) in [6.07, 6.45) is 1.07. The highest BCUT2D eigenvalue weighted by Gasteiger charge is 2.35. The average Bonchev–Trinajstić information content (AvgIpc) is 2.55. The van der Waals surface area contributed by atoms with Gasteiger partial charge in [0.05, 0.1) is 25.4 Å². The van der Waals surface area contributed by atoms with Gasteiger partial charge in [-0.05, 0) is 18.5 Å². The molecule has 1 aromatic carbocycles. The zero-order valence-corrected chi connectivity index (χ0v) is 13.2. The topological polar surface area (TPSA) is 44.7 Å². The van der Waals surface area contributed by atoms with Gasteiger partial charge in [0.15, 0.2) is 0 Å². The van der Waals surface area contributed by atoms with Crippen molar-refractivity contribution in [2.75, 3.05) is 39.5 Å². The molecular weight excluding hydrogens is 264 g/mol. The maximum Gasteiger partial charge on any atom is 0.0797 e. The molecule has 4 nitrogen and oxygen atoms in total. The van der Waals surface area contributed by atoms with E-state index in [0.717, 1.165) is 44.8 Å². The lowest BCUT2D eigenvalue weighted by atomic mass is 9.89. The third-order valence-corrected chi connectivity index (χ3v) is 4.41. The predicted molar refractivity (Wildman–Crippen MR) is 85.4 cm³/mol. The lowest BCUT2D eigenvalue weighted by molar-refractivity contribution is -0.0284. The Labute approximate surface area is 128 Å². The second-order valence-electron chi connectivity index (χ2n) is 5.74. The van der Waals surface area contributed by atoms with Crippen LogP contribution in [0, 0.1) is 0 Å². The fourth-order valence-corrected chi connectivity index (χ4v) is 3.16. The maximum atomic E-state index is 10.1. The summed E-state index contributed by atoms with van der Waals surface area (Å²) in [4.78, 5) is 2.45. The second-order valence-corrected chi connectivity index (χ2v) is 5.74. The van der Waals surface area contributed by atoms with Crippen LogP contribution < -0.4 is 5.32 Å². The normalized spacial score (nSPS) is 22.9. The molecule has 2 atom stereocenters. The third kappa shape index (κ3) is 3.83. The Hall–Kier alpha value is -0.940. The summed E-state index contributed by atoms with van der Waals surface area (Å²) in [5.41, 5.74) is 0.747. The zero-order valence-electron chi connectivity index (χ0n) is 13.2. The Kier molecular flexibility index (Phi) is 6.18. The second kappa shape index (κ2) is 7.90. The molecule has 0 aliphatic carbocycles. The van der Waals surface area contributed by atoms with Crippen molar-refractivity contribution in [3.63, 3.8) is 0 Å². The molecule has 21 heavy (non-hydrogen) atoms.